The Labute approximate surface area is 192 Å². The van der Waals surface area contributed by atoms with E-state index in [0.29, 0.717) is 19.8 Å². The van der Waals surface area contributed by atoms with Gasteiger partial charge in [-0.3, -0.25) is 0 Å². The first-order valence-electron chi connectivity index (χ1n) is 11.1. The summed E-state index contributed by atoms with van der Waals surface area (Å²) in [7, 11) is 3.34. The summed E-state index contributed by atoms with van der Waals surface area (Å²) in [4.78, 5) is 2.24. The number of alkyl halides is 3. The van der Waals surface area contributed by atoms with E-state index in [9.17, 15) is 13.2 Å². The van der Waals surface area contributed by atoms with Crippen LogP contribution in [-0.2, 0) is 31.4 Å². The molecule has 2 aliphatic heterocycles. The van der Waals surface area contributed by atoms with Crippen molar-refractivity contribution in [2.24, 2.45) is 0 Å². The molecule has 2 fully saturated rings. The van der Waals surface area contributed by atoms with Crippen molar-refractivity contribution in [2.45, 2.75) is 30.0 Å². The summed E-state index contributed by atoms with van der Waals surface area (Å²) < 4.78 is 55.5. The molecule has 0 unspecified atom stereocenters. The Morgan fingerprint density at radius 2 is 1.55 bits per heavy atom. The second kappa shape index (κ2) is 9.12. The van der Waals surface area contributed by atoms with E-state index in [1.54, 1.807) is 26.4 Å². The van der Waals surface area contributed by atoms with Crippen molar-refractivity contribution in [3.05, 3.63) is 77.4 Å². The van der Waals surface area contributed by atoms with Gasteiger partial charge in [0, 0.05) is 38.4 Å². The maximum absolute atomic E-state index is 13.0. The van der Waals surface area contributed by atoms with Gasteiger partial charge < -0.3 is 19.1 Å². The summed E-state index contributed by atoms with van der Waals surface area (Å²) >= 11 is 0. The summed E-state index contributed by atoms with van der Waals surface area (Å²) in [6.07, 6.45) is -2.79. The highest BCUT2D eigenvalue weighted by atomic mass is 19.4. The minimum atomic E-state index is -4.34. The van der Waals surface area contributed by atoms with Crippen LogP contribution >= 0.6 is 0 Å². The van der Waals surface area contributed by atoms with Gasteiger partial charge in [-0.25, -0.2) is 0 Å². The van der Waals surface area contributed by atoms with Gasteiger partial charge in [0.1, 0.15) is 5.60 Å². The Balaban J connectivity index is 1.45. The standard InChI is InChI=1S/C26H30F3NO3/c1-19(20-4-6-22(7-5-20)25(32-3)17-33-18-25)30-14-12-24(13-15-30,16-31-2)21-8-10-23(11-9-21)26(27,28)29/h4-11H,1,12-18H2,2-3H3. The van der Waals surface area contributed by atoms with E-state index >= 15 is 0 Å². The normalized spacial score (nSPS) is 19.7. The third kappa shape index (κ3) is 4.54. The lowest BCUT2D eigenvalue weighted by Gasteiger charge is -2.43. The molecule has 178 valence electrons. The topological polar surface area (TPSA) is 30.9 Å². The highest BCUT2D eigenvalue weighted by Gasteiger charge is 2.41. The lowest BCUT2D eigenvalue weighted by atomic mass is 9.73. The molecular weight excluding hydrogens is 431 g/mol. The van der Waals surface area contributed by atoms with Gasteiger partial charge in [-0.05, 0) is 41.7 Å². The van der Waals surface area contributed by atoms with Crippen LogP contribution in [0.2, 0.25) is 0 Å². The van der Waals surface area contributed by atoms with Crippen LogP contribution < -0.4 is 0 Å². The maximum atomic E-state index is 13.0. The average Bonchev–Trinajstić information content (AvgIpc) is 2.79. The van der Waals surface area contributed by atoms with E-state index in [1.165, 1.54) is 12.1 Å². The third-order valence-corrected chi connectivity index (χ3v) is 7.15. The van der Waals surface area contributed by atoms with Crippen molar-refractivity contribution in [3.8, 4) is 0 Å². The molecule has 7 heteroatoms. The minimum absolute atomic E-state index is 0.311. The number of rotatable bonds is 7. The third-order valence-electron chi connectivity index (χ3n) is 7.15. The first-order chi connectivity index (χ1) is 15.7. The molecule has 2 heterocycles. The number of methoxy groups -OCH3 is 2. The smallest absolute Gasteiger partial charge is 0.384 e. The number of hydrogen-bond donors (Lipinski definition) is 0. The van der Waals surface area contributed by atoms with E-state index in [4.69, 9.17) is 14.2 Å². The van der Waals surface area contributed by atoms with Gasteiger partial charge >= 0.3 is 6.18 Å². The number of hydrogen-bond acceptors (Lipinski definition) is 4. The molecule has 2 aliphatic rings. The molecule has 33 heavy (non-hydrogen) atoms. The fourth-order valence-electron chi connectivity index (χ4n) is 4.85. The molecule has 0 atom stereocenters. The number of nitrogens with zero attached hydrogens (tertiary/aromatic N) is 1. The molecule has 2 aromatic carbocycles. The Morgan fingerprint density at radius 3 is 2.00 bits per heavy atom. The molecule has 0 aromatic heterocycles. The number of ether oxygens (including phenoxy) is 3. The Hall–Kier alpha value is -2.35. The second-order valence-electron chi connectivity index (χ2n) is 8.99. The molecule has 0 aliphatic carbocycles. The molecular formula is C26H30F3NO3. The Morgan fingerprint density at radius 1 is 0.970 bits per heavy atom. The molecule has 4 nitrogen and oxygen atoms in total. The van der Waals surface area contributed by atoms with Gasteiger partial charge in [0.05, 0.1) is 25.4 Å². The van der Waals surface area contributed by atoms with Crippen LogP contribution in [0.3, 0.4) is 0 Å². The molecule has 0 radical (unpaired) electrons. The number of likely N-dealkylation sites (tertiary alicyclic amines) is 1. The zero-order valence-corrected chi connectivity index (χ0v) is 19.1. The van der Waals surface area contributed by atoms with Crippen LogP contribution in [0.5, 0.6) is 0 Å². The van der Waals surface area contributed by atoms with Crippen LogP contribution in [0.4, 0.5) is 13.2 Å². The SMILES string of the molecule is C=C(c1ccc(C2(OC)COC2)cc1)N1CCC(COC)(c2ccc(C(F)(F)F)cc2)CC1. The molecule has 2 aromatic rings. The predicted octanol–water partition coefficient (Wildman–Crippen LogP) is 5.23. The molecule has 2 saturated heterocycles. The first kappa shape index (κ1) is 23.8. The van der Waals surface area contributed by atoms with E-state index in [0.717, 1.165) is 48.3 Å². The van der Waals surface area contributed by atoms with E-state index in [-0.39, 0.29) is 11.0 Å². The van der Waals surface area contributed by atoms with Gasteiger partial charge in [-0.15, -0.1) is 0 Å². The van der Waals surface area contributed by atoms with Crippen molar-refractivity contribution in [1.29, 1.82) is 0 Å². The van der Waals surface area contributed by atoms with Gasteiger partial charge in [0.15, 0.2) is 0 Å². The molecule has 0 saturated carbocycles. The van der Waals surface area contributed by atoms with Crippen LogP contribution in [0.25, 0.3) is 5.70 Å². The van der Waals surface area contributed by atoms with E-state index in [2.05, 4.69) is 35.7 Å². The Kier molecular flexibility index (Phi) is 6.58. The van der Waals surface area contributed by atoms with Gasteiger partial charge in [-0.1, -0.05) is 43.0 Å². The fraction of sp³-hybridized carbons (Fsp3) is 0.462. The van der Waals surface area contributed by atoms with Crippen LogP contribution in [-0.4, -0.2) is 52.0 Å². The van der Waals surface area contributed by atoms with Crippen molar-refractivity contribution in [1.82, 2.24) is 4.90 Å². The first-order valence-corrected chi connectivity index (χ1v) is 11.1. The molecule has 4 rings (SSSR count). The molecule has 0 bridgehead atoms. The van der Waals surface area contributed by atoms with Gasteiger partial charge in [0.2, 0.25) is 0 Å². The average molecular weight is 462 g/mol. The van der Waals surface area contributed by atoms with E-state index in [1.807, 2.05) is 0 Å². The number of benzene rings is 2. The second-order valence-corrected chi connectivity index (χ2v) is 8.99. The zero-order chi connectivity index (χ0) is 23.7. The lowest BCUT2D eigenvalue weighted by molar-refractivity contribution is -0.202. The predicted molar refractivity (Wildman–Crippen MR) is 121 cm³/mol. The summed E-state index contributed by atoms with van der Waals surface area (Å²) in [5, 5.41) is 0. The summed E-state index contributed by atoms with van der Waals surface area (Å²) in [6.45, 7) is 7.40. The van der Waals surface area contributed by atoms with Crippen LogP contribution in [0, 0.1) is 0 Å². The summed E-state index contributed by atoms with van der Waals surface area (Å²) in [6, 6.07) is 13.8. The van der Waals surface area contributed by atoms with Crippen molar-refractivity contribution >= 4 is 5.70 Å². The summed E-state index contributed by atoms with van der Waals surface area (Å²) in [5.41, 5.74) is 2.67. The Bertz CT molecular complexity index is 952. The molecule has 0 spiro atoms. The van der Waals surface area contributed by atoms with Crippen molar-refractivity contribution in [3.63, 3.8) is 0 Å². The number of halogens is 3. The summed E-state index contributed by atoms with van der Waals surface area (Å²) in [5.74, 6) is 0. The lowest BCUT2D eigenvalue weighted by Crippen LogP contribution is -2.48. The van der Waals surface area contributed by atoms with Crippen LogP contribution in [0.15, 0.2) is 55.1 Å². The number of piperidine rings is 1. The van der Waals surface area contributed by atoms with Crippen molar-refractivity contribution < 1.29 is 27.4 Å². The highest BCUT2D eigenvalue weighted by Crippen LogP contribution is 2.40. The largest absolute Gasteiger partial charge is 0.416 e. The molecule has 0 amide bonds. The highest BCUT2D eigenvalue weighted by molar-refractivity contribution is 5.62. The zero-order valence-electron chi connectivity index (χ0n) is 19.1. The monoisotopic (exact) mass is 461 g/mol. The van der Waals surface area contributed by atoms with Crippen LogP contribution in [0.1, 0.15) is 35.1 Å². The van der Waals surface area contributed by atoms with Gasteiger partial charge in [0.25, 0.3) is 0 Å². The van der Waals surface area contributed by atoms with E-state index < -0.39 is 11.7 Å². The van der Waals surface area contributed by atoms with Gasteiger partial charge in [-0.2, -0.15) is 13.2 Å². The van der Waals surface area contributed by atoms with Crippen molar-refractivity contribution in [2.75, 3.05) is 47.1 Å². The molecule has 0 N–H and O–H groups in total. The minimum Gasteiger partial charge on any atom is -0.384 e. The fourth-order valence-corrected chi connectivity index (χ4v) is 4.85. The quantitative estimate of drug-likeness (QED) is 0.565. The maximum Gasteiger partial charge on any atom is 0.416 e.